The van der Waals surface area contributed by atoms with Crippen molar-refractivity contribution in [3.05, 3.63) is 87.7 Å². The summed E-state index contributed by atoms with van der Waals surface area (Å²) in [5, 5.41) is 19.2. The monoisotopic (exact) mass is 464 g/mol. The molecular weight excluding hydrogens is 443 g/mol. The molecule has 4 rings (SSSR count). The first-order valence-corrected chi connectivity index (χ1v) is 11.8. The molecule has 1 aliphatic carbocycles. The largest absolute Gasteiger partial charge is 0.480 e. The summed E-state index contributed by atoms with van der Waals surface area (Å²) in [5.41, 5.74) is 2.48. The molecule has 0 bridgehead atoms. The first-order valence-electron chi connectivity index (χ1n) is 10.4. The molecule has 0 saturated carbocycles. The van der Waals surface area contributed by atoms with Gasteiger partial charge in [0, 0.05) is 23.0 Å². The van der Waals surface area contributed by atoms with E-state index in [0.29, 0.717) is 34.1 Å². The Morgan fingerprint density at radius 2 is 2.00 bits per heavy atom. The second-order valence-electron chi connectivity index (χ2n) is 7.91. The summed E-state index contributed by atoms with van der Waals surface area (Å²) in [6.07, 6.45) is 6.54. The van der Waals surface area contributed by atoms with Crippen LogP contribution < -0.4 is 0 Å². The minimum atomic E-state index is -3.88. The number of nitrogens with zero attached hydrogens (tertiary/aromatic N) is 2. The fraction of sp³-hybridized carbons (Fsp3) is 0.200. The van der Waals surface area contributed by atoms with Crippen LogP contribution in [0.1, 0.15) is 35.2 Å². The van der Waals surface area contributed by atoms with Crippen LogP contribution in [0, 0.1) is 24.1 Å². The maximum atomic E-state index is 14.1. The molecule has 0 saturated heterocycles. The minimum absolute atomic E-state index is 0.0225. The molecule has 1 aliphatic rings. The number of carboxylic acids is 1. The van der Waals surface area contributed by atoms with Crippen molar-refractivity contribution in [1.82, 2.24) is 4.57 Å². The lowest BCUT2D eigenvalue weighted by Gasteiger charge is -2.14. The number of halogens is 1. The lowest BCUT2D eigenvalue weighted by atomic mass is 10.0. The van der Waals surface area contributed by atoms with E-state index in [1.54, 1.807) is 41.9 Å². The zero-order valence-electron chi connectivity index (χ0n) is 17.9. The van der Waals surface area contributed by atoms with E-state index in [0.717, 1.165) is 6.42 Å². The third-order valence-electron chi connectivity index (χ3n) is 5.83. The van der Waals surface area contributed by atoms with E-state index >= 15 is 0 Å². The van der Waals surface area contributed by atoms with Crippen molar-refractivity contribution in [2.45, 2.75) is 37.6 Å². The number of carboxylic acid groups (broad SMARTS) is 1. The third kappa shape index (κ3) is 4.20. The van der Waals surface area contributed by atoms with Gasteiger partial charge < -0.3 is 9.67 Å². The van der Waals surface area contributed by atoms with Gasteiger partial charge in [-0.15, -0.1) is 0 Å². The van der Waals surface area contributed by atoms with Gasteiger partial charge in [-0.3, -0.25) is 4.79 Å². The maximum Gasteiger partial charge on any atom is 0.323 e. The molecule has 0 atom stereocenters. The summed E-state index contributed by atoms with van der Waals surface area (Å²) in [5.74, 6) is -1.51. The van der Waals surface area contributed by atoms with Crippen LogP contribution in [-0.4, -0.2) is 24.1 Å². The van der Waals surface area contributed by atoms with Crippen molar-refractivity contribution in [3.63, 3.8) is 0 Å². The van der Waals surface area contributed by atoms with Crippen LogP contribution in [0.3, 0.4) is 0 Å². The molecule has 0 fully saturated rings. The number of aromatic nitrogens is 1. The molecule has 0 radical (unpaired) electrons. The molecule has 8 heteroatoms. The van der Waals surface area contributed by atoms with E-state index in [1.807, 2.05) is 6.07 Å². The Morgan fingerprint density at radius 1 is 1.21 bits per heavy atom. The molecule has 1 heterocycles. The highest BCUT2D eigenvalue weighted by molar-refractivity contribution is 7.95. The van der Waals surface area contributed by atoms with Gasteiger partial charge in [-0.05, 0) is 67.3 Å². The summed E-state index contributed by atoms with van der Waals surface area (Å²) in [4.78, 5) is 11.6. The van der Waals surface area contributed by atoms with Crippen molar-refractivity contribution >= 4 is 26.7 Å². The summed E-state index contributed by atoms with van der Waals surface area (Å²) >= 11 is 0. The van der Waals surface area contributed by atoms with Crippen LogP contribution in [0.4, 0.5) is 4.39 Å². The SMILES string of the molecule is Cc1c(Cc2ccc(C#N)cc2S(=O)(=O)C2=CCCC=C2)c2cc(F)ccc2n1CC(=O)O. The molecule has 1 N–H and O–H groups in total. The van der Waals surface area contributed by atoms with Gasteiger partial charge in [0.05, 0.1) is 21.4 Å². The first-order chi connectivity index (χ1) is 15.7. The van der Waals surface area contributed by atoms with E-state index in [4.69, 9.17) is 0 Å². The fourth-order valence-corrected chi connectivity index (χ4v) is 5.85. The predicted octanol–water partition coefficient (Wildman–Crippen LogP) is 4.64. The van der Waals surface area contributed by atoms with Gasteiger partial charge >= 0.3 is 5.97 Å². The Labute approximate surface area is 190 Å². The van der Waals surface area contributed by atoms with Crippen LogP contribution in [-0.2, 0) is 27.6 Å². The quantitative estimate of drug-likeness (QED) is 0.573. The number of fused-ring (bicyclic) bond motifs is 1. The van der Waals surface area contributed by atoms with Crippen LogP contribution in [0.25, 0.3) is 10.9 Å². The Kier molecular flexibility index (Phi) is 5.91. The summed E-state index contributed by atoms with van der Waals surface area (Å²) < 4.78 is 42.6. The molecule has 0 unspecified atom stereocenters. The van der Waals surface area contributed by atoms with Crippen molar-refractivity contribution in [3.8, 4) is 6.07 Å². The average molecular weight is 465 g/mol. The average Bonchev–Trinajstić information content (AvgIpc) is 3.04. The first kappa shape index (κ1) is 22.5. The number of aliphatic carboxylic acids is 1. The van der Waals surface area contributed by atoms with Crippen LogP contribution >= 0.6 is 0 Å². The Balaban J connectivity index is 1.91. The van der Waals surface area contributed by atoms with E-state index < -0.39 is 21.6 Å². The van der Waals surface area contributed by atoms with Crippen LogP contribution in [0.2, 0.25) is 0 Å². The molecule has 0 spiro atoms. The topological polar surface area (TPSA) is 100 Å². The zero-order chi connectivity index (χ0) is 23.8. The molecule has 1 aromatic heterocycles. The lowest BCUT2D eigenvalue weighted by molar-refractivity contribution is -0.137. The summed E-state index contributed by atoms with van der Waals surface area (Å²) in [6.45, 7) is 1.44. The minimum Gasteiger partial charge on any atom is -0.480 e. The predicted molar refractivity (Wildman–Crippen MR) is 122 cm³/mol. The molecule has 3 aromatic rings. The van der Waals surface area contributed by atoms with Crippen LogP contribution in [0.5, 0.6) is 0 Å². The number of nitriles is 1. The standard InChI is InChI=1S/C25H21FN2O4S/c1-16-21(22-13-19(26)9-10-23(22)28(16)15-25(29)30)12-18-8-7-17(14-27)11-24(18)33(31,32)20-5-3-2-4-6-20/h3,5-11,13H,2,4,12,15H2,1H3,(H,29,30). The lowest BCUT2D eigenvalue weighted by Crippen LogP contribution is -2.11. The summed E-state index contributed by atoms with van der Waals surface area (Å²) in [7, 11) is -3.88. The van der Waals surface area contributed by atoms with E-state index in [2.05, 4.69) is 0 Å². The molecule has 168 valence electrons. The molecular formula is C25H21FN2O4S. The van der Waals surface area contributed by atoms with Gasteiger partial charge in [-0.2, -0.15) is 5.26 Å². The van der Waals surface area contributed by atoms with Gasteiger partial charge in [0.2, 0.25) is 9.84 Å². The number of benzene rings is 2. The number of carbonyl (C=O) groups is 1. The number of rotatable bonds is 6. The van der Waals surface area contributed by atoms with E-state index in [9.17, 15) is 28.0 Å². The zero-order valence-corrected chi connectivity index (χ0v) is 18.7. The number of allylic oxidation sites excluding steroid dienone is 3. The normalized spacial score (nSPS) is 13.7. The summed E-state index contributed by atoms with van der Waals surface area (Å²) in [6, 6.07) is 10.6. The Bertz CT molecular complexity index is 1490. The van der Waals surface area contributed by atoms with Gasteiger partial charge in [0.1, 0.15) is 12.4 Å². The van der Waals surface area contributed by atoms with E-state index in [1.165, 1.54) is 24.3 Å². The molecule has 6 nitrogen and oxygen atoms in total. The number of hydrogen-bond donors (Lipinski definition) is 1. The molecule has 0 amide bonds. The molecule has 2 aromatic carbocycles. The van der Waals surface area contributed by atoms with Crippen molar-refractivity contribution in [2.24, 2.45) is 0 Å². The van der Waals surface area contributed by atoms with E-state index in [-0.39, 0.29) is 28.3 Å². The van der Waals surface area contributed by atoms with Gasteiger partial charge in [0.25, 0.3) is 0 Å². The number of sulfone groups is 1. The second kappa shape index (κ2) is 8.68. The van der Waals surface area contributed by atoms with Gasteiger partial charge in [-0.25, -0.2) is 12.8 Å². The fourth-order valence-electron chi connectivity index (χ4n) is 4.21. The highest BCUT2D eigenvalue weighted by Gasteiger charge is 2.25. The van der Waals surface area contributed by atoms with Crippen molar-refractivity contribution in [2.75, 3.05) is 0 Å². The third-order valence-corrected chi connectivity index (χ3v) is 7.72. The smallest absolute Gasteiger partial charge is 0.323 e. The van der Waals surface area contributed by atoms with Crippen LogP contribution in [0.15, 0.2) is 64.4 Å². The molecule has 0 aliphatic heterocycles. The Morgan fingerprint density at radius 3 is 2.67 bits per heavy atom. The van der Waals surface area contributed by atoms with Gasteiger partial charge in [-0.1, -0.05) is 18.2 Å². The van der Waals surface area contributed by atoms with Crippen molar-refractivity contribution < 1.29 is 22.7 Å². The maximum absolute atomic E-state index is 14.1. The highest BCUT2D eigenvalue weighted by atomic mass is 32.2. The number of hydrogen-bond acceptors (Lipinski definition) is 4. The Hall–Kier alpha value is -3.70. The van der Waals surface area contributed by atoms with Crippen molar-refractivity contribution in [1.29, 1.82) is 5.26 Å². The molecule has 33 heavy (non-hydrogen) atoms. The highest BCUT2D eigenvalue weighted by Crippen LogP contribution is 2.33. The van der Waals surface area contributed by atoms with Gasteiger partial charge in [0.15, 0.2) is 0 Å². The second-order valence-corrected chi connectivity index (χ2v) is 9.82.